The van der Waals surface area contributed by atoms with E-state index in [-0.39, 0.29) is 12.1 Å². The molecule has 1 fully saturated rings. The van der Waals surface area contributed by atoms with Gasteiger partial charge in [-0.2, -0.15) is 10.2 Å². The Hall–Kier alpha value is -2.56. The number of aromatic hydroxyl groups is 1. The second-order valence-corrected chi connectivity index (χ2v) is 16.1. The molecule has 0 bridgehead atoms. The smallest absolute Gasteiger partial charge is 0.217 e. The number of hydrogen-bond acceptors (Lipinski definition) is 4. The molecule has 1 N–H and O–H groups in total. The van der Waals surface area contributed by atoms with E-state index in [9.17, 15) is 5.11 Å². The van der Waals surface area contributed by atoms with Crippen LogP contribution < -0.4 is 0 Å². The quantitative estimate of drug-likeness (QED) is 0.340. The van der Waals surface area contributed by atoms with Gasteiger partial charge in [-0.05, 0) is 53.6 Å². The van der Waals surface area contributed by atoms with Crippen LogP contribution in [0, 0.1) is 11.5 Å². The zero-order valence-corrected chi connectivity index (χ0v) is 22.6. The third kappa shape index (κ3) is 4.18. The first-order valence-corrected chi connectivity index (χ1v) is 14.8. The van der Waals surface area contributed by atoms with Gasteiger partial charge in [0.05, 0.1) is 17.3 Å². The van der Waals surface area contributed by atoms with Crippen molar-refractivity contribution in [1.29, 1.82) is 0 Å². The summed E-state index contributed by atoms with van der Waals surface area (Å²) in [6.07, 6.45) is 4.82. The van der Waals surface area contributed by atoms with E-state index in [1.54, 1.807) is 13.2 Å². The summed E-state index contributed by atoms with van der Waals surface area (Å²) in [6, 6.07) is 6.18. The van der Waals surface area contributed by atoms with Gasteiger partial charge in [-0.25, -0.2) is 9.36 Å². The predicted octanol–water partition coefficient (Wildman–Crippen LogP) is 6.41. The van der Waals surface area contributed by atoms with E-state index in [0.717, 1.165) is 48.0 Å². The highest BCUT2D eigenvalue weighted by molar-refractivity contribution is 6.90. The topological polar surface area (TPSA) is 65.1 Å². The average Bonchev–Trinajstić information content (AvgIpc) is 3.33. The fourth-order valence-electron chi connectivity index (χ4n) is 5.77. The largest absolute Gasteiger partial charge is 0.493 e. The van der Waals surface area contributed by atoms with Crippen molar-refractivity contribution in [1.82, 2.24) is 19.6 Å². The lowest BCUT2D eigenvalue weighted by molar-refractivity contribution is -0.0367. The molecule has 1 aliphatic rings. The average molecular weight is 479 g/mol. The van der Waals surface area contributed by atoms with Gasteiger partial charge in [-0.15, -0.1) is 5.54 Å². The van der Waals surface area contributed by atoms with E-state index < -0.39 is 8.07 Å². The predicted molar refractivity (Wildman–Crippen MR) is 140 cm³/mol. The lowest BCUT2D eigenvalue weighted by Gasteiger charge is -2.38. The molecule has 0 radical (unpaired) electrons. The minimum absolute atomic E-state index is 0.0632. The SMILES string of the molecule is CC(C)[Si](C#Cc1nn(C2CCCCO2)c2ccc(-c3cnn(C)c3O)cc12)(C(C)C)C(C)C. The molecule has 0 aliphatic carbocycles. The molecular weight excluding hydrogens is 440 g/mol. The Labute approximate surface area is 204 Å². The first kappa shape index (κ1) is 24.6. The number of aryl methyl sites for hydroxylation is 1. The number of ether oxygens (including phenoxy) is 1. The molecule has 0 spiro atoms. The number of benzene rings is 1. The van der Waals surface area contributed by atoms with Crippen molar-refractivity contribution >= 4 is 19.0 Å². The summed E-state index contributed by atoms with van der Waals surface area (Å²) in [5.74, 6) is 3.73. The fourth-order valence-corrected chi connectivity index (χ4v) is 11.0. The molecule has 1 unspecified atom stereocenters. The number of aromatic nitrogens is 4. The molecule has 1 atom stereocenters. The van der Waals surface area contributed by atoms with Crippen LogP contribution in [-0.4, -0.2) is 39.3 Å². The summed E-state index contributed by atoms with van der Waals surface area (Å²) in [5.41, 5.74) is 8.94. The van der Waals surface area contributed by atoms with Crippen molar-refractivity contribution in [3.05, 3.63) is 30.1 Å². The van der Waals surface area contributed by atoms with E-state index in [1.165, 1.54) is 4.68 Å². The molecule has 1 aliphatic heterocycles. The summed E-state index contributed by atoms with van der Waals surface area (Å²) in [6.45, 7) is 14.7. The molecule has 6 nitrogen and oxygen atoms in total. The van der Waals surface area contributed by atoms with Crippen molar-refractivity contribution in [2.24, 2.45) is 7.05 Å². The van der Waals surface area contributed by atoms with Crippen molar-refractivity contribution < 1.29 is 9.84 Å². The molecule has 4 rings (SSSR count). The van der Waals surface area contributed by atoms with Crippen molar-refractivity contribution in [2.45, 2.75) is 83.7 Å². The normalized spacial score (nSPS) is 17.1. The van der Waals surface area contributed by atoms with Crippen LogP contribution in [0.1, 0.15) is 72.7 Å². The summed E-state index contributed by atoms with van der Waals surface area (Å²) in [7, 11) is -0.169. The Balaban J connectivity index is 1.90. The van der Waals surface area contributed by atoms with Crippen LogP contribution in [0.5, 0.6) is 5.88 Å². The molecule has 0 saturated carbocycles. The van der Waals surface area contributed by atoms with Crippen LogP contribution in [0.25, 0.3) is 22.0 Å². The summed E-state index contributed by atoms with van der Waals surface area (Å²) in [5, 5.41) is 20.7. The van der Waals surface area contributed by atoms with Gasteiger partial charge in [0.15, 0.2) is 6.23 Å². The molecule has 1 aromatic carbocycles. The summed E-state index contributed by atoms with van der Waals surface area (Å²) in [4.78, 5) is 0. The van der Waals surface area contributed by atoms with E-state index in [2.05, 4.69) is 70.2 Å². The van der Waals surface area contributed by atoms with Crippen molar-refractivity contribution in [3.63, 3.8) is 0 Å². The Kier molecular flexibility index (Phi) is 6.93. The van der Waals surface area contributed by atoms with Crippen LogP contribution in [-0.2, 0) is 11.8 Å². The van der Waals surface area contributed by atoms with Crippen LogP contribution in [0.2, 0.25) is 16.6 Å². The first-order valence-electron chi connectivity index (χ1n) is 12.5. The fraction of sp³-hybridized carbons (Fsp3) is 0.556. The van der Waals surface area contributed by atoms with Gasteiger partial charge in [0.1, 0.15) is 13.8 Å². The molecule has 3 aromatic rings. The van der Waals surface area contributed by atoms with Gasteiger partial charge >= 0.3 is 0 Å². The van der Waals surface area contributed by atoms with Crippen molar-refractivity contribution in [3.8, 4) is 28.5 Å². The zero-order valence-electron chi connectivity index (χ0n) is 21.6. The molecule has 182 valence electrons. The standard InChI is InChI=1S/C27H38N4O2Si/c1-18(2)34(19(3)4,20(5)6)15-13-24-22-16-21(23-17-28-30(7)27(23)32)11-12-25(22)31(29-24)26-10-8-9-14-33-26/h11-12,16-20,26,32H,8-10,14H2,1-7H3. The van der Waals surface area contributed by atoms with Gasteiger partial charge in [-0.1, -0.05) is 53.5 Å². The maximum atomic E-state index is 10.5. The second-order valence-electron chi connectivity index (χ2n) is 10.5. The molecule has 1 saturated heterocycles. The summed E-state index contributed by atoms with van der Waals surface area (Å²) >= 11 is 0. The van der Waals surface area contributed by atoms with Crippen LogP contribution in [0.3, 0.4) is 0 Å². The lowest BCUT2D eigenvalue weighted by Crippen LogP contribution is -2.43. The number of rotatable bonds is 5. The third-order valence-corrected chi connectivity index (χ3v) is 13.9. The Bertz CT molecular complexity index is 1200. The second kappa shape index (κ2) is 9.59. The van der Waals surface area contributed by atoms with Gasteiger partial charge in [0, 0.05) is 19.0 Å². The van der Waals surface area contributed by atoms with Gasteiger partial charge < -0.3 is 9.84 Å². The van der Waals surface area contributed by atoms with Gasteiger partial charge in [-0.3, -0.25) is 0 Å². The molecule has 0 amide bonds. The Morgan fingerprint density at radius 3 is 2.35 bits per heavy atom. The lowest BCUT2D eigenvalue weighted by atomic mass is 10.1. The van der Waals surface area contributed by atoms with Gasteiger partial charge in [0.2, 0.25) is 5.88 Å². The molecular formula is C27H38N4O2Si. The Morgan fingerprint density at radius 1 is 1.09 bits per heavy atom. The van der Waals surface area contributed by atoms with E-state index in [1.807, 2.05) is 10.7 Å². The molecule has 34 heavy (non-hydrogen) atoms. The third-order valence-electron chi connectivity index (χ3n) is 7.62. The maximum absolute atomic E-state index is 10.5. The van der Waals surface area contributed by atoms with E-state index in [0.29, 0.717) is 22.2 Å². The van der Waals surface area contributed by atoms with Crippen LogP contribution in [0.15, 0.2) is 24.4 Å². The van der Waals surface area contributed by atoms with E-state index in [4.69, 9.17) is 9.84 Å². The number of nitrogens with zero attached hydrogens (tertiary/aromatic N) is 4. The molecule has 2 aromatic heterocycles. The van der Waals surface area contributed by atoms with Crippen LogP contribution in [0.4, 0.5) is 0 Å². The molecule has 7 heteroatoms. The number of hydrogen-bond donors (Lipinski definition) is 1. The highest BCUT2D eigenvalue weighted by Crippen LogP contribution is 2.41. The first-order chi connectivity index (χ1) is 16.2. The zero-order chi connectivity index (χ0) is 24.6. The van der Waals surface area contributed by atoms with E-state index >= 15 is 0 Å². The van der Waals surface area contributed by atoms with Crippen LogP contribution >= 0.6 is 0 Å². The molecule has 3 heterocycles. The maximum Gasteiger partial charge on any atom is 0.217 e. The van der Waals surface area contributed by atoms with Crippen molar-refractivity contribution in [2.75, 3.05) is 6.61 Å². The highest BCUT2D eigenvalue weighted by Gasteiger charge is 2.41. The monoisotopic (exact) mass is 478 g/mol. The minimum atomic E-state index is -1.91. The number of fused-ring (bicyclic) bond motifs is 1. The Morgan fingerprint density at radius 2 is 1.79 bits per heavy atom. The minimum Gasteiger partial charge on any atom is -0.493 e. The summed E-state index contributed by atoms with van der Waals surface area (Å²) < 4.78 is 9.59. The van der Waals surface area contributed by atoms with Gasteiger partial charge in [0.25, 0.3) is 0 Å². The highest BCUT2D eigenvalue weighted by atomic mass is 28.3.